The first kappa shape index (κ1) is 13.8. The highest BCUT2D eigenvalue weighted by Crippen LogP contribution is 2.26. The van der Waals surface area contributed by atoms with Crippen LogP contribution in [0.2, 0.25) is 0 Å². The molecule has 2 aromatic heterocycles. The summed E-state index contributed by atoms with van der Waals surface area (Å²) in [4.78, 5) is 8.82. The van der Waals surface area contributed by atoms with Gasteiger partial charge in [-0.25, -0.2) is 9.97 Å². The summed E-state index contributed by atoms with van der Waals surface area (Å²) in [7, 11) is 0. The van der Waals surface area contributed by atoms with Crippen molar-refractivity contribution in [1.29, 1.82) is 0 Å². The maximum Gasteiger partial charge on any atom is 0.151 e. The Morgan fingerprint density at radius 3 is 2.58 bits per heavy atom. The average Bonchev–Trinajstić information content (AvgIpc) is 2.66. The zero-order valence-electron chi connectivity index (χ0n) is 11.9. The molecule has 6 nitrogen and oxygen atoms in total. The number of aromatic nitrogens is 3. The fraction of sp³-hybridized carbons (Fsp3) is 0.538. The van der Waals surface area contributed by atoms with Gasteiger partial charge in [0.05, 0.1) is 12.1 Å². The molecule has 0 atom stereocenters. The Morgan fingerprint density at radius 1 is 1.32 bits per heavy atom. The fourth-order valence-corrected chi connectivity index (χ4v) is 2.31. The number of nitrogens with one attached hydrogen (secondary N) is 1. The third kappa shape index (κ3) is 2.41. The number of rotatable bonds is 4. The maximum absolute atomic E-state index is 8.95. The first-order valence-corrected chi connectivity index (χ1v) is 6.44. The number of hydrogen-bond donors (Lipinski definition) is 3. The van der Waals surface area contributed by atoms with Crippen LogP contribution in [0.4, 0.5) is 5.82 Å². The molecular formula is C13H21N5O. The van der Waals surface area contributed by atoms with Gasteiger partial charge in [0.1, 0.15) is 11.3 Å². The molecule has 0 saturated carbocycles. The second kappa shape index (κ2) is 5.14. The fourth-order valence-electron chi connectivity index (χ4n) is 2.31. The van der Waals surface area contributed by atoms with Crippen molar-refractivity contribution in [2.24, 2.45) is 5.92 Å². The normalized spacial score (nSPS) is 11.7. The highest BCUT2D eigenvalue weighted by Gasteiger charge is 2.17. The van der Waals surface area contributed by atoms with Crippen LogP contribution in [-0.4, -0.2) is 19.7 Å². The Morgan fingerprint density at radius 2 is 2.00 bits per heavy atom. The van der Waals surface area contributed by atoms with Crippen molar-refractivity contribution in [3.63, 3.8) is 0 Å². The molecule has 0 spiro atoms. The second-order valence-corrected chi connectivity index (χ2v) is 5.27. The minimum absolute atomic E-state index is 0.291. The van der Waals surface area contributed by atoms with Crippen LogP contribution in [0.3, 0.4) is 0 Å². The summed E-state index contributed by atoms with van der Waals surface area (Å²) >= 11 is 0. The van der Waals surface area contributed by atoms with Gasteiger partial charge in [-0.2, -0.15) is 5.48 Å². The summed E-state index contributed by atoms with van der Waals surface area (Å²) in [5.41, 5.74) is 11.9. The molecular weight excluding hydrogens is 242 g/mol. The average molecular weight is 263 g/mol. The molecule has 104 valence electrons. The quantitative estimate of drug-likeness (QED) is 0.731. The molecule has 2 rings (SSSR count). The summed E-state index contributed by atoms with van der Waals surface area (Å²) in [5, 5.41) is 8.95. The molecule has 0 aliphatic carbocycles. The zero-order chi connectivity index (χ0) is 14.2. The minimum Gasteiger partial charge on any atom is -0.382 e. The Bertz CT molecular complexity index is 603. The number of nitrogen functional groups attached to an aromatic ring is 1. The number of nitrogens with two attached hydrogens (primary N) is 1. The summed E-state index contributed by atoms with van der Waals surface area (Å²) in [5.74, 6) is 1.69. The Labute approximate surface area is 112 Å². The number of hydrogen-bond acceptors (Lipinski definition) is 5. The van der Waals surface area contributed by atoms with Crippen LogP contribution in [0.5, 0.6) is 0 Å². The molecule has 0 aliphatic heterocycles. The molecule has 0 aromatic carbocycles. The molecule has 0 bridgehead atoms. The summed E-state index contributed by atoms with van der Waals surface area (Å²) in [6.45, 7) is 9.39. The van der Waals surface area contributed by atoms with E-state index in [1.807, 2.05) is 13.8 Å². The molecule has 0 aliphatic rings. The minimum atomic E-state index is 0.291. The van der Waals surface area contributed by atoms with E-state index in [9.17, 15) is 0 Å². The van der Waals surface area contributed by atoms with Gasteiger partial charge in [-0.3, -0.25) is 0 Å². The van der Waals surface area contributed by atoms with Gasteiger partial charge < -0.3 is 15.5 Å². The van der Waals surface area contributed by atoms with E-state index in [1.54, 1.807) is 0 Å². The third-order valence-electron chi connectivity index (χ3n) is 3.26. The van der Waals surface area contributed by atoms with Crippen molar-refractivity contribution >= 4 is 16.9 Å². The van der Waals surface area contributed by atoms with Gasteiger partial charge in [-0.1, -0.05) is 13.8 Å². The highest BCUT2D eigenvalue weighted by molar-refractivity contribution is 5.88. The Kier molecular flexibility index (Phi) is 3.73. The molecule has 0 unspecified atom stereocenters. The van der Waals surface area contributed by atoms with Crippen LogP contribution < -0.4 is 11.2 Å². The third-order valence-corrected chi connectivity index (χ3v) is 3.26. The van der Waals surface area contributed by atoms with Crippen molar-refractivity contribution in [3.8, 4) is 0 Å². The smallest absolute Gasteiger partial charge is 0.151 e. The first-order chi connectivity index (χ1) is 8.95. The number of imidazole rings is 1. The molecule has 4 N–H and O–H groups in total. The summed E-state index contributed by atoms with van der Waals surface area (Å²) < 4.78 is 2.11. The van der Waals surface area contributed by atoms with E-state index in [-0.39, 0.29) is 0 Å². The van der Waals surface area contributed by atoms with Crippen molar-refractivity contribution in [2.45, 2.75) is 40.8 Å². The largest absolute Gasteiger partial charge is 0.382 e. The lowest BCUT2D eigenvalue weighted by molar-refractivity contribution is 0.157. The van der Waals surface area contributed by atoms with Gasteiger partial charge >= 0.3 is 0 Å². The van der Waals surface area contributed by atoms with Gasteiger partial charge in [0.2, 0.25) is 0 Å². The summed E-state index contributed by atoms with van der Waals surface area (Å²) in [6, 6.07) is 0. The van der Waals surface area contributed by atoms with Crippen LogP contribution in [0.25, 0.3) is 11.0 Å². The lowest BCUT2D eigenvalue weighted by atomic mass is 10.1. The van der Waals surface area contributed by atoms with Crippen LogP contribution in [0.15, 0.2) is 0 Å². The molecule has 0 radical (unpaired) electrons. The number of nitrogens with zero attached hydrogens (tertiary/aromatic N) is 3. The van der Waals surface area contributed by atoms with Crippen LogP contribution in [0.1, 0.15) is 30.9 Å². The molecule has 2 heterocycles. The van der Waals surface area contributed by atoms with Crippen LogP contribution in [0, 0.1) is 19.8 Å². The predicted molar refractivity (Wildman–Crippen MR) is 74.9 cm³/mol. The number of hydroxylamine groups is 1. The van der Waals surface area contributed by atoms with Crippen molar-refractivity contribution in [3.05, 3.63) is 17.1 Å². The van der Waals surface area contributed by atoms with Crippen molar-refractivity contribution in [2.75, 3.05) is 5.73 Å². The lowest BCUT2D eigenvalue weighted by Crippen LogP contribution is -2.15. The molecule has 6 heteroatoms. The summed E-state index contributed by atoms with van der Waals surface area (Å²) in [6.07, 6.45) is 0. The van der Waals surface area contributed by atoms with Gasteiger partial charge in [-0.15, -0.1) is 0 Å². The first-order valence-electron chi connectivity index (χ1n) is 6.44. The maximum atomic E-state index is 8.95. The van der Waals surface area contributed by atoms with Gasteiger partial charge in [-0.05, 0) is 25.3 Å². The zero-order valence-corrected chi connectivity index (χ0v) is 11.9. The number of pyridine rings is 1. The van der Waals surface area contributed by atoms with E-state index in [0.29, 0.717) is 23.8 Å². The molecule has 2 aromatic rings. The topological polar surface area (TPSA) is 89.0 Å². The molecule has 0 amide bonds. The van der Waals surface area contributed by atoms with Crippen molar-refractivity contribution in [1.82, 2.24) is 20.0 Å². The Hall–Kier alpha value is -1.66. The van der Waals surface area contributed by atoms with E-state index < -0.39 is 0 Å². The monoisotopic (exact) mass is 263 g/mol. The second-order valence-electron chi connectivity index (χ2n) is 5.27. The number of anilines is 1. The van der Waals surface area contributed by atoms with E-state index in [4.69, 9.17) is 10.9 Å². The number of fused-ring (bicyclic) bond motifs is 1. The SMILES string of the molecule is Cc1nc(N)c2nc(CNO)n(CC(C)C)c2c1C. The van der Waals surface area contributed by atoms with Gasteiger partial charge in [0.25, 0.3) is 0 Å². The highest BCUT2D eigenvalue weighted by atomic mass is 16.5. The lowest BCUT2D eigenvalue weighted by Gasteiger charge is -2.13. The molecule has 0 fully saturated rings. The molecule has 19 heavy (non-hydrogen) atoms. The standard InChI is InChI=1S/C13H21N5O/c1-7(2)6-18-10(5-15-19)17-11-12(18)8(3)9(4)16-13(11)14/h7,15,19H,5-6H2,1-4H3,(H2,14,16). The van der Waals surface area contributed by atoms with E-state index in [2.05, 4.69) is 33.9 Å². The van der Waals surface area contributed by atoms with Gasteiger partial charge in [0, 0.05) is 12.2 Å². The predicted octanol–water partition coefficient (Wildman–Crippen LogP) is 1.77. The van der Waals surface area contributed by atoms with Crippen LogP contribution in [-0.2, 0) is 13.1 Å². The Balaban J connectivity index is 2.75. The molecule has 0 saturated heterocycles. The van der Waals surface area contributed by atoms with Gasteiger partial charge in [0.15, 0.2) is 5.82 Å². The van der Waals surface area contributed by atoms with Crippen molar-refractivity contribution < 1.29 is 5.21 Å². The van der Waals surface area contributed by atoms with E-state index in [1.165, 1.54) is 0 Å². The number of aryl methyl sites for hydroxylation is 2. The van der Waals surface area contributed by atoms with Crippen LogP contribution >= 0.6 is 0 Å². The van der Waals surface area contributed by atoms with E-state index in [0.717, 1.165) is 29.1 Å². The van der Waals surface area contributed by atoms with E-state index >= 15 is 0 Å².